The Bertz CT molecular complexity index is 8.00. The fourth-order valence-corrected chi connectivity index (χ4v) is 0. The average Bonchev–Trinajstić information content (AvgIpc) is 0. The Balaban J connectivity index is 0. The van der Waals surface area contributed by atoms with Gasteiger partial charge < -0.3 is 0 Å². The van der Waals surface area contributed by atoms with Gasteiger partial charge in [-0.2, -0.15) is 13.5 Å². The van der Waals surface area contributed by atoms with Crippen LogP contribution < -0.4 is 0 Å². The molecule has 0 heterocycles. The molecule has 0 aliphatic heterocycles. The van der Waals surface area contributed by atoms with E-state index in [2.05, 4.69) is 0 Å². The van der Waals surface area contributed by atoms with Crippen LogP contribution in [0.5, 0.6) is 0 Å². The summed E-state index contributed by atoms with van der Waals surface area (Å²) >= 11 is 0. The fraction of sp³-hybridized carbons (Fsp3) is 0. The normalized spacial score (nSPS) is 0. The van der Waals surface area contributed by atoms with E-state index in [4.69, 9.17) is 0 Å². The molecule has 1 radical (unpaired) electrons. The molecule has 0 aliphatic rings. The summed E-state index contributed by atoms with van der Waals surface area (Å²) in [5.74, 6) is 0. The average molecular weight is 200 g/mol. The first kappa shape index (κ1) is 36.9. The van der Waals surface area contributed by atoms with E-state index < -0.39 is 0 Å². The maximum absolute atomic E-state index is 0. The van der Waals surface area contributed by atoms with Crippen LogP contribution in [-0.4, -0.2) is 37.2 Å². The van der Waals surface area contributed by atoms with Gasteiger partial charge in [0.2, 0.25) is 0 Å². The van der Waals surface area contributed by atoms with E-state index in [0.29, 0.717) is 0 Å². The van der Waals surface area contributed by atoms with Crippen molar-refractivity contribution in [3.8, 4) is 0 Å². The first-order valence-electron chi connectivity index (χ1n) is 0. The van der Waals surface area contributed by atoms with Crippen LogP contribution in [0.1, 0.15) is 0 Å². The Morgan fingerprint density at radius 1 is 1.00 bits per heavy atom. The number of hydrogen-bond donors (Lipinski definition) is 0. The second-order valence-electron chi connectivity index (χ2n) is 0. The van der Waals surface area contributed by atoms with Gasteiger partial charge in [-0.3, -0.25) is 0 Å². The molecule has 0 nitrogen and oxygen atoms in total. The third kappa shape index (κ3) is 8.97. The van der Waals surface area contributed by atoms with Gasteiger partial charge in [0.1, 0.15) is 0 Å². The zero-order valence-corrected chi connectivity index (χ0v) is 2.74. The third-order valence-corrected chi connectivity index (χ3v) is 0. The molecule has 0 aromatic rings. The van der Waals surface area contributed by atoms with E-state index in [-0.39, 0.29) is 67.7 Å². The molecule has 4 heteroatoms. The van der Waals surface area contributed by atoms with E-state index in [1.165, 1.54) is 0 Å². The van der Waals surface area contributed by atoms with E-state index in [0.717, 1.165) is 0 Å². The van der Waals surface area contributed by atoms with Crippen molar-refractivity contribution >= 4 is 50.6 Å². The van der Waals surface area contributed by atoms with Crippen molar-refractivity contribution in [2.24, 2.45) is 0 Å². The van der Waals surface area contributed by atoms with Gasteiger partial charge >= 0.3 is 19.8 Å². The maximum atomic E-state index is 0. The number of hydrogen-bond acceptors (Lipinski definition) is 0. The summed E-state index contributed by atoms with van der Waals surface area (Å²) in [6.07, 6.45) is 0. The number of rotatable bonds is 0. The molecule has 0 saturated heterocycles. The van der Waals surface area contributed by atoms with Crippen molar-refractivity contribution in [3.05, 3.63) is 0 Å². The first-order valence-corrected chi connectivity index (χ1v) is 0. The molecule has 0 N–H and O–H groups in total. The van der Waals surface area contributed by atoms with Gasteiger partial charge in [0.15, 0.2) is 17.4 Å². The summed E-state index contributed by atoms with van der Waals surface area (Å²) in [6.45, 7) is 0. The minimum absolute atomic E-state index is 0. The molecule has 0 aromatic carbocycles. The SMILES string of the molecule is S.[AlH3].[Cu].[GaH3]. The van der Waals surface area contributed by atoms with Crippen LogP contribution in [0, 0.1) is 0 Å². The van der Waals surface area contributed by atoms with Crippen LogP contribution in [0.2, 0.25) is 0 Å². The topological polar surface area (TPSA) is 0 Å². The second-order valence-corrected chi connectivity index (χ2v) is 0. The molecule has 0 aliphatic carbocycles. The Morgan fingerprint density at radius 3 is 1.00 bits per heavy atom. The van der Waals surface area contributed by atoms with Crippen LogP contribution in [0.25, 0.3) is 0 Å². The minimum atomic E-state index is 0. The second kappa shape index (κ2) is 19.8. The molecule has 0 spiro atoms. The Labute approximate surface area is 67.2 Å². The van der Waals surface area contributed by atoms with Crippen molar-refractivity contribution in [1.29, 1.82) is 0 Å². The zero-order chi connectivity index (χ0) is 0. The first-order chi connectivity index (χ1) is 0. The van der Waals surface area contributed by atoms with Crippen LogP contribution in [0.15, 0.2) is 0 Å². The van der Waals surface area contributed by atoms with Crippen LogP contribution in [0.4, 0.5) is 0 Å². The van der Waals surface area contributed by atoms with Crippen molar-refractivity contribution in [1.82, 2.24) is 0 Å². The molecule has 4 heavy (non-hydrogen) atoms. The molecule has 0 bridgehead atoms. The summed E-state index contributed by atoms with van der Waals surface area (Å²) in [4.78, 5) is 0. The van der Waals surface area contributed by atoms with Gasteiger partial charge in [0.25, 0.3) is 0 Å². The molecule has 0 atom stereocenters. The summed E-state index contributed by atoms with van der Waals surface area (Å²) in [6, 6.07) is 0. The van der Waals surface area contributed by atoms with Crippen LogP contribution >= 0.6 is 13.5 Å². The van der Waals surface area contributed by atoms with Gasteiger partial charge in [-0.15, -0.1) is 0 Å². The monoisotopic (exact) mass is 199 g/mol. The van der Waals surface area contributed by atoms with Crippen LogP contribution in [0.3, 0.4) is 0 Å². The molecular weight excluding hydrogens is 192 g/mol. The summed E-state index contributed by atoms with van der Waals surface area (Å²) in [5.41, 5.74) is 0. The van der Waals surface area contributed by atoms with E-state index >= 15 is 0 Å². The Morgan fingerprint density at radius 2 is 1.00 bits per heavy atom. The van der Waals surface area contributed by atoms with Gasteiger partial charge in [-0.1, -0.05) is 0 Å². The molecule has 31 valence electrons. The van der Waals surface area contributed by atoms with Crippen molar-refractivity contribution in [2.75, 3.05) is 0 Å². The predicted molar refractivity (Wildman–Crippen MR) is 30.3 cm³/mol. The van der Waals surface area contributed by atoms with E-state index in [1.807, 2.05) is 0 Å². The quantitative estimate of drug-likeness (QED) is 0.387. The molecular formula is H8AlCuGaS. The summed E-state index contributed by atoms with van der Waals surface area (Å²) < 4.78 is 0. The summed E-state index contributed by atoms with van der Waals surface area (Å²) in [7, 11) is 0. The van der Waals surface area contributed by atoms with Crippen molar-refractivity contribution in [2.45, 2.75) is 0 Å². The summed E-state index contributed by atoms with van der Waals surface area (Å²) in [5, 5.41) is 0. The zero-order valence-electron chi connectivity index (χ0n) is 0.802. The molecule has 0 fully saturated rings. The van der Waals surface area contributed by atoms with Gasteiger partial charge in [-0.05, 0) is 0 Å². The Kier molecular flexibility index (Phi) is 182. The predicted octanol–water partition coefficient (Wildman–Crippen LogP) is -2.26. The molecule has 0 saturated carbocycles. The van der Waals surface area contributed by atoms with Crippen molar-refractivity contribution in [3.63, 3.8) is 0 Å². The Hall–Kier alpha value is 2.04. The fourth-order valence-electron chi connectivity index (χ4n) is 0. The molecule has 0 amide bonds. The van der Waals surface area contributed by atoms with Gasteiger partial charge in [-0.25, -0.2) is 0 Å². The standard InChI is InChI=1S/Al.Cu.Ga.H2S.6H/h;;;1H2;;;;;;. The van der Waals surface area contributed by atoms with E-state index in [1.54, 1.807) is 0 Å². The van der Waals surface area contributed by atoms with Crippen LogP contribution in [-0.2, 0) is 17.1 Å². The van der Waals surface area contributed by atoms with Crippen molar-refractivity contribution < 1.29 is 17.1 Å². The van der Waals surface area contributed by atoms with Gasteiger partial charge in [0, 0.05) is 17.1 Å². The van der Waals surface area contributed by atoms with E-state index in [9.17, 15) is 0 Å². The molecule has 0 rings (SSSR count). The molecule has 0 unspecified atom stereocenters. The third-order valence-electron chi connectivity index (χ3n) is 0. The van der Waals surface area contributed by atoms with Gasteiger partial charge in [0.05, 0.1) is 0 Å². The molecule has 0 aromatic heterocycles.